The Bertz CT molecular complexity index is 2250. The molecule has 0 fully saturated rings. The molecule has 5 aromatic rings. The van der Waals surface area contributed by atoms with E-state index in [1.807, 2.05) is 0 Å². The highest BCUT2D eigenvalue weighted by Crippen LogP contribution is 2.43. The maximum atomic E-state index is 11.8. The van der Waals surface area contributed by atoms with Crippen LogP contribution in [0.2, 0.25) is 0 Å². The van der Waals surface area contributed by atoms with Crippen molar-refractivity contribution < 1.29 is 36.0 Å². The quantitative estimate of drug-likeness (QED) is 0.0503. The van der Waals surface area contributed by atoms with Crippen molar-refractivity contribution in [3.05, 3.63) is 89.0 Å². The number of nitro benzene ring substituents is 1. The zero-order valence-corrected chi connectivity index (χ0v) is 23.1. The Labute approximate surface area is 242 Å². The van der Waals surface area contributed by atoms with Crippen LogP contribution in [-0.4, -0.2) is 36.0 Å². The lowest BCUT2D eigenvalue weighted by atomic mass is 10.1. The van der Waals surface area contributed by atoms with Crippen molar-refractivity contribution in [3.63, 3.8) is 0 Å². The summed E-state index contributed by atoms with van der Waals surface area (Å²) >= 11 is 0. The van der Waals surface area contributed by atoms with Gasteiger partial charge in [-0.1, -0.05) is 30.3 Å². The zero-order valence-electron chi connectivity index (χ0n) is 21.4. The van der Waals surface area contributed by atoms with E-state index in [2.05, 4.69) is 20.5 Å². The minimum atomic E-state index is -4.90. The van der Waals surface area contributed by atoms with Crippen LogP contribution in [0, 0.1) is 10.1 Å². The summed E-state index contributed by atoms with van der Waals surface area (Å²) in [5.74, 6) is -0.436. The summed E-state index contributed by atoms with van der Waals surface area (Å²) in [6.07, 6.45) is 0. The molecule has 15 nitrogen and oxygen atoms in total. The third kappa shape index (κ3) is 5.86. The molecule has 17 heteroatoms. The Morgan fingerprint density at radius 2 is 1.33 bits per heavy atom. The van der Waals surface area contributed by atoms with Crippen LogP contribution in [0.4, 0.5) is 34.1 Å². The first-order valence-corrected chi connectivity index (χ1v) is 14.8. The van der Waals surface area contributed by atoms with Gasteiger partial charge >= 0.3 is 0 Å². The first kappa shape index (κ1) is 29.1. The molecule has 0 saturated heterocycles. The Morgan fingerprint density at radius 3 is 2.00 bits per heavy atom. The molecular formula is C26H18N6O9S2. The molecule has 0 heterocycles. The molecule has 0 aliphatic carbocycles. The van der Waals surface area contributed by atoms with E-state index in [1.54, 1.807) is 30.3 Å². The van der Waals surface area contributed by atoms with Gasteiger partial charge in [-0.2, -0.15) is 21.9 Å². The van der Waals surface area contributed by atoms with Gasteiger partial charge in [0.15, 0.2) is 5.75 Å². The van der Waals surface area contributed by atoms with E-state index in [0.29, 0.717) is 27.9 Å². The summed E-state index contributed by atoms with van der Waals surface area (Å²) in [5, 5.41) is 39.2. The molecule has 0 amide bonds. The SMILES string of the molecule is Nc1c(N=Nc2ccc3c(S(=O)(=O)O)cccc3c2)ccc2ccc(N=Nc3ccc([N+](=O)[O-])cc3S(=O)(=O)O)c(O)c12. The van der Waals surface area contributed by atoms with Crippen molar-refractivity contribution in [1.29, 1.82) is 0 Å². The Balaban J connectivity index is 1.51. The number of aromatic hydroxyl groups is 1. The first-order valence-electron chi connectivity index (χ1n) is 11.9. The van der Waals surface area contributed by atoms with Crippen LogP contribution in [0.1, 0.15) is 0 Å². The van der Waals surface area contributed by atoms with Gasteiger partial charge in [-0.05, 0) is 47.2 Å². The summed E-state index contributed by atoms with van der Waals surface area (Å²) in [5.41, 5.74) is 5.65. The predicted molar refractivity (Wildman–Crippen MR) is 155 cm³/mol. The molecule has 5 aromatic carbocycles. The summed E-state index contributed by atoms with van der Waals surface area (Å²) in [6, 6.07) is 17.6. The molecule has 0 spiro atoms. The summed E-state index contributed by atoms with van der Waals surface area (Å²) in [4.78, 5) is 9.06. The predicted octanol–water partition coefficient (Wildman–Crippen LogP) is 6.51. The van der Waals surface area contributed by atoms with Crippen LogP contribution in [0.25, 0.3) is 21.5 Å². The van der Waals surface area contributed by atoms with Gasteiger partial charge in [-0.15, -0.1) is 15.3 Å². The molecular weight excluding hydrogens is 604 g/mol. The fourth-order valence-corrected chi connectivity index (χ4v) is 5.58. The van der Waals surface area contributed by atoms with E-state index in [9.17, 15) is 41.2 Å². The fraction of sp³-hybridized carbons (Fsp3) is 0. The molecule has 0 unspecified atom stereocenters. The fourth-order valence-electron chi connectivity index (χ4n) is 4.23. The number of benzene rings is 5. The largest absolute Gasteiger partial charge is 0.505 e. The average molecular weight is 623 g/mol. The second kappa shape index (κ2) is 10.8. The van der Waals surface area contributed by atoms with Crippen LogP contribution in [0.3, 0.4) is 0 Å². The molecule has 0 atom stereocenters. The number of azo groups is 2. The number of nitro groups is 1. The maximum absolute atomic E-state index is 11.8. The number of phenols is 1. The van der Waals surface area contributed by atoms with E-state index in [1.165, 1.54) is 30.3 Å². The van der Waals surface area contributed by atoms with E-state index in [-0.39, 0.29) is 27.3 Å². The molecule has 0 radical (unpaired) electrons. The number of hydrogen-bond donors (Lipinski definition) is 4. The number of nitrogens with zero attached hydrogens (tertiary/aromatic N) is 5. The normalized spacial score (nSPS) is 12.5. The highest BCUT2D eigenvalue weighted by molar-refractivity contribution is 7.86. The van der Waals surface area contributed by atoms with Gasteiger partial charge in [0.1, 0.15) is 26.9 Å². The molecule has 0 aliphatic rings. The monoisotopic (exact) mass is 622 g/mol. The van der Waals surface area contributed by atoms with Gasteiger partial charge in [0.2, 0.25) is 0 Å². The van der Waals surface area contributed by atoms with Crippen LogP contribution in [0.5, 0.6) is 5.75 Å². The molecule has 0 aromatic heterocycles. The third-order valence-corrected chi connectivity index (χ3v) is 8.02. The van der Waals surface area contributed by atoms with Crippen LogP contribution >= 0.6 is 0 Å². The molecule has 5 N–H and O–H groups in total. The lowest BCUT2D eigenvalue weighted by Gasteiger charge is -2.09. The lowest BCUT2D eigenvalue weighted by Crippen LogP contribution is -2.00. The van der Waals surface area contributed by atoms with E-state index in [0.717, 1.165) is 12.1 Å². The number of phenolic OH excluding ortho intramolecular Hbond substituents is 1. The second-order valence-corrected chi connectivity index (χ2v) is 11.7. The highest BCUT2D eigenvalue weighted by Gasteiger charge is 2.21. The summed E-state index contributed by atoms with van der Waals surface area (Å²) in [7, 11) is -9.34. The van der Waals surface area contributed by atoms with E-state index >= 15 is 0 Å². The Kier molecular flexibility index (Phi) is 7.32. The van der Waals surface area contributed by atoms with Gasteiger partial charge in [0.05, 0.1) is 21.7 Å². The lowest BCUT2D eigenvalue weighted by molar-refractivity contribution is -0.385. The molecule has 5 rings (SSSR count). The topological polar surface area (TPSA) is 248 Å². The van der Waals surface area contributed by atoms with Gasteiger partial charge in [-0.25, -0.2) is 0 Å². The number of nitrogen functional groups attached to an aromatic ring is 1. The Morgan fingerprint density at radius 1 is 0.698 bits per heavy atom. The van der Waals surface area contributed by atoms with Gasteiger partial charge in [0, 0.05) is 17.5 Å². The van der Waals surface area contributed by atoms with Gasteiger partial charge < -0.3 is 10.8 Å². The molecule has 0 bridgehead atoms. The van der Waals surface area contributed by atoms with Gasteiger partial charge in [0.25, 0.3) is 25.9 Å². The summed E-state index contributed by atoms with van der Waals surface area (Å²) < 4.78 is 65.8. The van der Waals surface area contributed by atoms with Crippen molar-refractivity contribution in [2.45, 2.75) is 9.79 Å². The number of nitrogens with two attached hydrogens (primary N) is 1. The third-order valence-electron chi connectivity index (χ3n) is 6.23. The van der Waals surface area contributed by atoms with Gasteiger partial charge in [-0.3, -0.25) is 19.2 Å². The van der Waals surface area contributed by atoms with Crippen molar-refractivity contribution >= 4 is 75.9 Å². The zero-order chi connectivity index (χ0) is 31.1. The number of hydrogen-bond acceptors (Lipinski definition) is 12. The maximum Gasteiger partial charge on any atom is 0.297 e. The van der Waals surface area contributed by atoms with Crippen LogP contribution in [0.15, 0.2) is 109 Å². The van der Waals surface area contributed by atoms with Crippen molar-refractivity contribution in [2.24, 2.45) is 20.5 Å². The molecule has 0 aliphatic heterocycles. The summed E-state index contributed by atoms with van der Waals surface area (Å²) in [6.45, 7) is 0. The van der Waals surface area contributed by atoms with Crippen LogP contribution < -0.4 is 5.73 Å². The average Bonchev–Trinajstić information content (AvgIpc) is 2.94. The highest BCUT2D eigenvalue weighted by atomic mass is 32.2. The van der Waals surface area contributed by atoms with E-state index < -0.39 is 47.2 Å². The minimum Gasteiger partial charge on any atom is -0.505 e. The number of fused-ring (bicyclic) bond motifs is 2. The second-order valence-electron chi connectivity index (χ2n) is 8.95. The van der Waals surface area contributed by atoms with E-state index in [4.69, 9.17) is 5.73 Å². The first-order chi connectivity index (χ1) is 20.2. The standard InChI is InChI=1S/C26H18N6O9S2/c27-25-20(30-28-16-6-8-18-15(12-16)2-1-3-22(18)42(36,37)38)9-4-14-5-10-21(26(33)24(14)25)31-29-19-11-7-17(32(34)35)13-23(19)43(39,40)41/h1-13,33H,27H2,(H,36,37,38)(H,39,40,41). The molecule has 0 saturated carbocycles. The number of non-ortho nitro benzene ring substituents is 1. The van der Waals surface area contributed by atoms with Crippen molar-refractivity contribution in [2.75, 3.05) is 5.73 Å². The minimum absolute atomic E-state index is 0.0132. The number of anilines is 1. The number of rotatable bonds is 7. The molecule has 43 heavy (non-hydrogen) atoms. The van der Waals surface area contributed by atoms with Crippen molar-refractivity contribution in [3.8, 4) is 5.75 Å². The van der Waals surface area contributed by atoms with Crippen molar-refractivity contribution in [1.82, 2.24) is 0 Å². The van der Waals surface area contributed by atoms with Crippen LogP contribution in [-0.2, 0) is 20.2 Å². The Hall–Kier alpha value is -5.36. The molecule has 218 valence electrons. The smallest absolute Gasteiger partial charge is 0.297 e.